The lowest BCUT2D eigenvalue weighted by Gasteiger charge is -2.30. The van der Waals surface area contributed by atoms with Crippen molar-refractivity contribution < 1.29 is 9.53 Å². The number of nitrogens with one attached hydrogen (secondary N) is 1. The molecule has 0 aliphatic heterocycles. The largest absolute Gasteiger partial charge is 0.465 e. The number of benzene rings is 4. The van der Waals surface area contributed by atoms with E-state index < -0.39 is 12.9 Å². The zero-order chi connectivity index (χ0) is 22.9. The van der Waals surface area contributed by atoms with Crippen LogP contribution in [0.5, 0.6) is 0 Å². The number of nitrogens with zero attached hydrogens (tertiary/aromatic N) is 1. The lowest BCUT2D eigenvalue weighted by Crippen LogP contribution is -2.35. The second-order valence-corrected chi connectivity index (χ2v) is 10.7. The van der Waals surface area contributed by atoms with Crippen molar-refractivity contribution in [1.29, 1.82) is 0 Å². The molecule has 4 aromatic rings. The number of carbonyl (C=O) groups is 1. The van der Waals surface area contributed by atoms with E-state index >= 15 is 0 Å². The summed E-state index contributed by atoms with van der Waals surface area (Å²) < 4.78 is 5.32. The molecule has 0 aromatic heterocycles. The Morgan fingerprint density at radius 2 is 1.09 bits per heavy atom. The van der Waals surface area contributed by atoms with Crippen molar-refractivity contribution in [2.75, 3.05) is 12.5 Å². The lowest BCUT2D eigenvalue weighted by atomic mass is 10.3. The molecule has 0 bridgehead atoms. The van der Waals surface area contributed by atoms with Gasteiger partial charge in [-0.15, -0.1) is 0 Å². The molecule has 1 N–H and O–H groups in total. The Hall–Kier alpha value is -3.88. The number of anilines is 1. The quantitative estimate of drug-likeness (QED) is 0.195. The number of carbonyl (C=O) groups excluding carboxylic acids is 1. The Labute approximate surface area is 194 Å². The molecule has 0 heterocycles. The molecule has 0 unspecified atom stereocenters. The van der Waals surface area contributed by atoms with Crippen molar-refractivity contribution in [3.05, 3.63) is 121 Å². The van der Waals surface area contributed by atoms with Crippen LogP contribution in [0.3, 0.4) is 0 Å². The molecule has 0 amide bonds. The van der Waals surface area contributed by atoms with E-state index in [0.29, 0.717) is 5.29 Å². The first kappa shape index (κ1) is 22.3. The van der Waals surface area contributed by atoms with Crippen LogP contribution in [0.15, 0.2) is 126 Å². The number of methoxy groups -OCH3 is 1. The van der Waals surface area contributed by atoms with Crippen molar-refractivity contribution in [3.63, 3.8) is 0 Å². The number of esters is 1. The molecule has 0 aliphatic carbocycles. The number of hydrogen-bond donors (Lipinski definition) is 1. The van der Waals surface area contributed by atoms with Crippen LogP contribution in [0.25, 0.3) is 0 Å². The van der Waals surface area contributed by atoms with E-state index in [1.807, 2.05) is 84.9 Å². The van der Waals surface area contributed by atoms with Gasteiger partial charge in [-0.1, -0.05) is 109 Å². The molecule has 164 valence electrons. The van der Waals surface area contributed by atoms with Crippen molar-refractivity contribution >= 4 is 46.0 Å². The molecule has 0 aliphatic rings. The van der Waals surface area contributed by atoms with Gasteiger partial charge in [0.2, 0.25) is 0 Å². The molecule has 0 saturated carbocycles. The zero-order valence-corrected chi connectivity index (χ0v) is 19.2. The number of hydrogen-bond acceptors (Lipinski definition) is 4. The molecule has 0 fully saturated rings. The van der Waals surface area contributed by atoms with Crippen LogP contribution in [-0.4, -0.2) is 24.6 Å². The smallest absolute Gasteiger partial charge is 0.340 e. The van der Waals surface area contributed by atoms with Gasteiger partial charge >= 0.3 is 5.97 Å². The molecular formula is C28H25N2O2P. The standard InChI is InChI=1S/C28H25N2O2P/c1-32-28(31)27(22-29-30-23-14-6-2-7-15-23)33(24-16-8-3-9-17-24,25-18-10-4-11-19-25)26-20-12-5-13-21-26/h2-22,30H,1H3/b29-22-. The predicted molar refractivity (Wildman–Crippen MR) is 141 cm³/mol. The Bertz CT molecular complexity index is 1170. The highest BCUT2D eigenvalue weighted by molar-refractivity contribution is 7.97. The molecule has 4 aromatic carbocycles. The highest BCUT2D eigenvalue weighted by Crippen LogP contribution is 2.46. The van der Waals surface area contributed by atoms with Crippen LogP contribution in [0, 0.1) is 0 Å². The van der Waals surface area contributed by atoms with Crippen LogP contribution in [0.4, 0.5) is 5.69 Å². The fourth-order valence-corrected chi connectivity index (χ4v) is 8.06. The van der Waals surface area contributed by atoms with Gasteiger partial charge in [0.05, 0.1) is 24.3 Å². The van der Waals surface area contributed by atoms with Crippen LogP contribution < -0.4 is 21.3 Å². The number of ether oxygens (including phenoxy) is 1. The van der Waals surface area contributed by atoms with Crippen molar-refractivity contribution in [1.82, 2.24) is 0 Å². The highest BCUT2D eigenvalue weighted by atomic mass is 31.2. The fourth-order valence-electron chi connectivity index (χ4n) is 3.88. The van der Waals surface area contributed by atoms with E-state index in [1.165, 1.54) is 7.11 Å². The summed E-state index contributed by atoms with van der Waals surface area (Å²) in [6.45, 7) is -2.60. The summed E-state index contributed by atoms with van der Waals surface area (Å²) in [6, 6.07) is 40.1. The average Bonchev–Trinajstić information content (AvgIpc) is 2.90. The van der Waals surface area contributed by atoms with Crippen LogP contribution in [-0.2, 0) is 9.53 Å². The minimum absolute atomic E-state index is 0.404. The highest BCUT2D eigenvalue weighted by Gasteiger charge is 2.32. The third kappa shape index (κ3) is 4.67. The van der Waals surface area contributed by atoms with E-state index in [4.69, 9.17) is 4.74 Å². The fraction of sp³-hybridized carbons (Fsp3) is 0.0357. The zero-order valence-electron chi connectivity index (χ0n) is 18.3. The first-order valence-electron chi connectivity index (χ1n) is 10.6. The summed E-state index contributed by atoms with van der Waals surface area (Å²) in [5.74, 6) is -0.404. The second-order valence-electron chi connectivity index (χ2n) is 7.29. The van der Waals surface area contributed by atoms with Crippen molar-refractivity contribution in [2.24, 2.45) is 5.10 Å². The van der Waals surface area contributed by atoms with Gasteiger partial charge in [-0.3, -0.25) is 5.43 Å². The molecule has 4 rings (SSSR count). The van der Waals surface area contributed by atoms with Gasteiger partial charge in [-0.25, -0.2) is 4.79 Å². The van der Waals surface area contributed by atoms with Crippen molar-refractivity contribution in [2.45, 2.75) is 0 Å². The summed E-state index contributed by atoms with van der Waals surface area (Å²) in [4.78, 5) is 13.4. The van der Waals surface area contributed by atoms with E-state index in [0.717, 1.165) is 21.6 Å². The maximum absolute atomic E-state index is 13.4. The van der Waals surface area contributed by atoms with Gasteiger partial charge in [0.1, 0.15) is 0 Å². The average molecular weight is 452 g/mol. The summed E-state index contributed by atoms with van der Waals surface area (Å²) in [5.41, 5.74) is 3.87. The first-order valence-corrected chi connectivity index (χ1v) is 12.4. The SMILES string of the molecule is COC(=O)C(/C=N\Nc1ccccc1)=P(c1ccccc1)(c1ccccc1)c1ccccc1. The van der Waals surface area contributed by atoms with E-state index in [9.17, 15) is 4.79 Å². The van der Waals surface area contributed by atoms with Crippen molar-refractivity contribution in [3.8, 4) is 0 Å². The van der Waals surface area contributed by atoms with Gasteiger partial charge in [0.25, 0.3) is 0 Å². The van der Waals surface area contributed by atoms with Gasteiger partial charge < -0.3 is 4.74 Å². The molecule has 0 atom stereocenters. The molecule has 0 spiro atoms. The molecule has 0 saturated heterocycles. The van der Waals surface area contributed by atoms with Crippen LogP contribution in [0.2, 0.25) is 0 Å². The third-order valence-electron chi connectivity index (χ3n) is 5.34. The molecule has 5 heteroatoms. The first-order chi connectivity index (χ1) is 16.3. The van der Waals surface area contributed by atoms with Gasteiger partial charge in [0, 0.05) is 0 Å². The normalized spacial score (nSPS) is 11.2. The molecule has 4 nitrogen and oxygen atoms in total. The van der Waals surface area contributed by atoms with Crippen LogP contribution >= 0.6 is 6.89 Å². The topological polar surface area (TPSA) is 50.7 Å². The Balaban J connectivity index is 2.08. The van der Waals surface area contributed by atoms with E-state index in [1.54, 1.807) is 6.21 Å². The molecule has 33 heavy (non-hydrogen) atoms. The van der Waals surface area contributed by atoms with Gasteiger partial charge in [-0.05, 0) is 34.9 Å². The van der Waals surface area contributed by atoms with E-state index in [2.05, 4.69) is 46.9 Å². The molecule has 0 radical (unpaired) electrons. The number of hydrazone groups is 1. The summed E-state index contributed by atoms with van der Waals surface area (Å²) in [5, 5.41) is 8.13. The van der Waals surface area contributed by atoms with E-state index in [-0.39, 0.29) is 0 Å². The maximum atomic E-state index is 13.4. The second kappa shape index (κ2) is 10.6. The lowest BCUT2D eigenvalue weighted by molar-refractivity contribution is -0.132. The number of para-hydroxylation sites is 1. The third-order valence-corrected chi connectivity index (χ3v) is 9.58. The monoisotopic (exact) mass is 452 g/mol. The number of rotatable bonds is 7. The molecular weight excluding hydrogens is 427 g/mol. The van der Waals surface area contributed by atoms with Crippen LogP contribution in [0.1, 0.15) is 0 Å². The summed E-state index contributed by atoms with van der Waals surface area (Å²) >= 11 is 0. The summed E-state index contributed by atoms with van der Waals surface area (Å²) in [6.07, 6.45) is 1.62. The summed E-state index contributed by atoms with van der Waals surface area (Å²) in [7, 11) is 1.41. The van der Waals surface area contributed by atoms with Gasteiger partial charge in [-0.2, -0.15) is 5.10 Å². The predicted octanol–water partition coefficient (Wildman–Crippen LogP) is 4.42. The Morgan fingerprint density at radius 3 is 1.48 bits per heavy atom. The minimum Gasteiger partial charge on any atom is -0.465 e. The minimum atomic E-state index is -2.60. The maximum Gasteiger partial charge on any atom is 0.340 e. The van der Waals surface area contributed by atoms with Gasteiger partial charge in [0.15, 0.2) is 0 Å². The Kier molecular flexibility index (Phi) is 7.19. The Morgan fingerprint density at radius 1 is 0.697 bits per heavy atom.